The van der Waals surface area contributed by atoms with Crippen LogP contribution >= 0.6 is 0 Å². The Hall–Kier alpha value is -1.38. The molecule has 0 saturated heterocycles. The van der Waals surface area contributed by atoms with Crippen molar-refractivity contribution in [1.82, 2.24) is 10.3 Å². The van der Waals surface area contributed by atoms with Crippen LogP contribution in [0, 0.1) is 0 Å². The van der Waals surface area contributed by atoms with Gasteiger partial charge in [-0.15, -0.1) is 0 Å². The third kappa shape index (κ3) is 3.35. The second-order valence-corrected chi connectivity index (χ2v) is 4.25. The molecule has 0 radical (unpaired) electrons. The van der Waals surface area contributed by atoms with Gasteiger partial charge >= 0.3 is 0 Å². The highest BCUT2D eigenvalue weighted by molar-refractivity contribution is 5.94. The Morgan fingerprint density at radius 1 is 1.33 bits per heavy atom. The minimum Gasteiger partial charge on any atom is -0.350 e. The number of pyridine rings is 1. The van der Waals surface area contributed by atoms with E-state index >= 15 is 0 Å². The zero-order valence-corrected chi connectivity index (χ0v) is 9.74. The van der Waals surface area contributed by atoms with Crippen LogP contribution in [0.4, 0.5) is 0 Å². The normalized spacial score (nSPS) is 10.8. The third-order valence-corrected chi connectivity index (χ3v) is 2.05. The average Bonchev–Trinajstić information content (AvgIpc) is 2.17. The van der Waals surface area contributed by atoms with E-state index in [1.165, 1.54) is 0 Å². The van der Waals surface area contributed by atoms with Crippen LogP contribution in [0.15, 0.2) is 18.3 Å². The van der Waals surface area contributed by atoms with E-state index in [2.05, 4.69) is 24.1 Å². The molecule has 15 heavy (non-hydrogen) atoms. The van der Waals surface area contributed by atoms with Crippen molar-refractivity contribution in [3.63, 3.8) is 0 Å². The van der Waals surface area contributed by atoms with E-state index in [9.17, 15) is 4.79 Å². The Labute approximate surface area is 90.9 Å². The Bertz CT molecular complexity index is 345. The van der Waals surface area contributed by atoms with Crippen LogP contribution in [0.5, 0.6) is 0 Å². The summed E-state index contributed by atoms with van der Waals surface area (Å²) in [6.07, 6.45) is 1.69. The number of carbonyl (C=O) groups is 1. The summed E-state index contributed by atoms with van der Waals surface area (Å²) in [5.41, 5.74) is 1.63. The van der Waals surface area contributed by atoms with Gasteiger partial charge < -0.3 is 5.32 Å². The molecule has 0 saturated carbocycles. The smallest absolute Gasteiger partial charge is 0.251 e. The molecule has 0 aromatic carbocycles. The second kappa shape index (κ2) is 4.91. The number of nitrogens with zero attached hydrogens (tertiary/aromatic N) is 1. The number of amides is 1. The molecule has 0 spiro atoms. The monoisotopic (exact) mass is 206 g/mol. The quantitative estimate of drug-likeness (QED) is 0.824. The maximum Gasteiger partial charge on any atom is 0.251 e. The first-order valence-corrected chi connectivity index (χ1v) is 5.27. The van der Waals surface area contributed by atoms with Crippen LogP contribution in [0.1, 0.15) is 49.7 Å². The highest BCUT2D eigenvalue weighted by Gasteiger charge is 2.09. The van der Waals surface area contributed by atoms with E-state index in [0.717, 1.165) is 5.69 Å². The van der Waals surface area contributed by atoms with E-state index in [0.29, 0.717) is 11.5 Å². The summed E-state index contributed by atoms with van der Waals surface area (Å²) < 4.78 is 0. The van der Waals surface area contributed by atoms with Gasteiger partial charge in [0.1, 0.15) is 0 Å². The van der Waals surface area contributed by atoms with Crippen molar-refractivity contribution in [2.24, 2.45) is 0 Å². The molecular formula is C12H18N2O. The Balaban J connectivity index is 2.85. The predicted octanol–water partition coefficient (Wildman–Crippen LogP) is 2.34. The van der Waals surface area contributed by atoms with Gasteiger partial charge in [-0.05, 0) is 31.9 Å². The van der Waals surface area contributed by atoms with Crippen molar-refractivity contribution in [3.8, 4) is 0 Å². The van der Waals surface area contributed by atoms with Gasteiger partial charge in [0.05, 0.1) is 0 Å². The molecule has 0 bridgehead atoms. The summed E-state index contributed by atoms with van der Waals surface area (Å²) >= 11 is 0. The minimum absolute atomic E-state index is 0.0331. The molecule has 0 atom stereocenters. The Morgan fingerprint density at radius 2 is 2.00 bits per heavy atom. The van der Waals surface area contributed by atoms with E-state index in [4.69, 9.17) is 0 Å². The fraction of sp³-hybridized carbons (Fsp3) is 0.500. The Morgan fingerprint density at radius 3 is 2.53 bits per heavy atom. The zero-order valence-electron chi connectivity index (χ0n) is 9.74. The molecule has 0 fully saturated rings. The molecule has 0 aliphatic rings. The maximum absolute atomic E-state index is 11.7. The summed E-state index contributed by atoms with van der Waals surface area (Å²) in [5.74, 6) is 0.311. The molecule has 3 nitrogen and oxygen atoms in total. The molecule has 1 amide bonds. The van der Waals surface area contributed by atoms with E-state index < -0.39 is 0 Å². The fourth-order valence-electron chi connectivity index (χ4n) is 1.25. The Kier molecular flexibility index (Phi) is 3.83. The number of nitrogens with one attached hydrogen (secondary N) is 1. The van der Waals surface area contributed by atoms with Crippen molar-refractivity contribution in [2.75, 3.05) is 0 Å². The maximum atomic E-state index is 11.7. The molecule has 0 aliphatic heterocycles. The van der Waals surface area contributed by atoms with Crippen LogP contribution in [0.3, 0.4) is 0 Å². The molecule has 0 unspecified atom stereocenters. The summed E-state index contributed by atoms with van der Waals surface area (Å²) in [5, 5.41) is 2.86. The fourth-order valence-corrected chi connectivity index (χ4v) is 1.25. The lowest BCUT2D eigenvalue weighted by molar-refractivity contribution is 0.0943. The highest BCUT2D eigenvalue weighted by Crippen LogP contribution is 2.12. The number of carbonyl (C=O) groups excluding carboxylic acids is 1. The van der Waals surface area contributed by atoms with Gasteiger partial charge in [-0.2, -0.15) is 0 Å². The second-order valence-electron chi connectivity index (χ2n) is 4.25. The number of aromatic nitrogens is 1. The lowest BCUT2D eigenvalue weighted by atomic mass is 10.1. The molecule has 1 aromatic heterocycles. The first kappa shape index (κ1) is 11.7. The van der Waals surface area contributed by atoms with Crippen molar-refractivity contribution in [2.45, 2.75) is 39.7 Å². The molecule has 1 rings (SSSR count). The molecule has 1 aromatic rings. The molecular weight excluding hydrogens is 188 g/mol. The predicted molar refractivity (Wildman–Crippen MR) is 60.9 cm³/mol. The van der Waals surface area contributed by atoms with Crippen molar-refractivity contribution < 1.29 is 4.79 Å². The van der Waals surface area contributed by atoms with Gasteiger partial charge in [0, 0.05) is 23.5 Å². The average molecular weight is 206 g/mol. The minimum atomic E-state index is -0.0331. The van der Waals surface area contributed by atoms with E-state index in [-0.39, 0.29) is 11.9 Å². The van der Waals surface area contributed by atoms with Crippen molar-refractivity contribution in [1.29, 1.82) is 0 Å². The van der Waals surface area contributed by atoms with Crippen LogP contribution in [-0.2, 0) is 0 Å². The van der Waals surface area contributed by atoms with Gasteiger partial charge in [0.15, 0.2) is 0 Å². The molecule has 1 heterocycles. The van der Waals surface area contributed by atoms with Gasteiger partial charge in [-0.1, -0.05) is 13.8 Å². The topological polar surface area (TPSA) is 42.0 Å². The lowest BCUT2D eigenvalue weighted by Crippen LogP contribution is -2.30. The molecule has 82 valence electrons. The summed E-state index contributed by atoms with van der Waals surface area (Å²) in [6.45, 7) is 8.02. The van der Waals surface area contributed by atoms with Crippen LogP contribution in [0.2, 0.25) is 0 Å². The molecule has 1 N–H and O–H groups in total. The van der Waals surface area contributed by atoms with E-state index in [1.54, 1.807) is 12.3 Å². The zero-order chi connectivity index (χ0) is 11.4. The summed E-state index contributed by atoms with van der Waals surface area (Å²) in [4.78, 5) is 15.9. The lowest BCUT2D eigenvalue weighted by Gasteiger charge is -2.10. The van der Waals surface area contributed by atoms with Gasteiger partial charge in [0.25, 0.3) is 5.91 Å². The van der Waals surface area contributed by atoms with Crippen LogP contribution in [0.25, 0.3) is 0 Å². The third-order valence-electron chi connectivity index (χ3n) is 2.05. The first-order chi connectivity index (χ1) is 7.00. The SMILES string of the molecule is CC(C)NC(=O)c1ccnc(C(C)C)c1. The summed E-state index contributed by atoms with van der Waals surface area (Å²) in [6, 6.07) is 3.75. The highest BCUT2D eigenvalue weighted by atomic mass is 16.1. The van der Waals surface area contributed by atoms with Crippen LogP contribution < -0.4 is 5.32 Å². The number of hydrogen-bond donors (Lipinski definition) is 1. The van der Waals surface area contributed by atoms with Crippen molar-refractivity contribution >= 4 is 5.91 Å². The van der Waals surface area contributed by atoms with Gasteiger partial charge in [0.2, 0.25) is 0 Å². The van der Waals surface area contributed by atoms with Crippen molar-refractivity contribution in [3.05, 3.63) is 29.6 Å². The van der Waals surface area contributed by atoms with E-state index in [1.807, 2.05) is 19.9 Å². The number of hydrogen-bond acceptors (Lipinski definition) is 2. The first-order valence-electron chi connectivity index (χ1n) is 5.27. The largest absolute Gasteiger partial charge is 0.350 e. The van der Waals surface area contributed by atoms with Gasteiger partial charge in [-0.3, -0.25) is 9.78 Å². The molecule has 0 aliphatic carbocycles. The van der Waals surface area contributed by atoms with Gasteiger partial charge in [-0.25, -0.2) is 0 Å². The van der Waals surface area contributed by atoms with Crippen LogP contribution in [-0.4, -0.2) is 16.9 Å². The molecule has 3 heteroatoms. The summed E-state index contributed by atoms with van der Waals surface area (Å²) in [7, 11) is 0. The standard InChI is InChI=1S/C12H18N2O/c1-8(2)11-7-10(5-6-13-11)12(15)14-9(3)4/h5-9H,1-4H3,(H,14,15). The number of rotatable bonds is 3.